The molecule has 6 fully saturated rings. The Kier molecular flexibility index (Phi) is 12.4. The maximum atomic E-state index is 12.1. The van der Waals surface area contributed by atoms with Crippen LogP contribution in [0, 0.1) is 94.7 Å². The lowest BCUT2D eigenvalue weighted by molar-refractivity contribution is -0.145. The zero-order valence-electron chi connectivity index (χ0n) is 31.6. The van der Waals surface area contributed by atoms with Gasteiger partial charge in [0.15, 0.2) is 0 Å². The van der Waals surface area contributed by atoms with Crippen molar-refractivity contribution in [3.63, 3.8) is 0 Å². The lowest BCUT2D eigenvalue weighted by atomic mass is 9.61. The Morgan fingerprint density at radius 3 is 1.60 bits per heavy atom. The summed E-state index contributed by atoms with van der Waals surface area (Å²) < 4.78 is 52.7. The maximum Gasteiger partial charge on any atom is 0.307 e. The molecule has 8 bridgehead atoms. The minimum absolute atomic E-state index is 0.0741. The molecule has 8 aliphatic rings. The van der Waals surface area contributed by atoms with Crippen molar-refractivity contribution in [1.82, 2.24) is 9.44 Å². The predicted octanol–water partition coefficient (Wildman–Crippen LogP) is 6.03. The van der Waals surface area contributed by atoms with Gasteiger partial charge in [0.2, 0.25) is 20.0 Å². The van der Waals surface area contributed by atoms with Crippen LogP contribution in [-0.4, -0.2) is 63.6 Å². The summed E-state index contributed by atoms with van der Waals surface area (Å²) >= 11 is 0. The van der Waals surface area contributed by atoms with Crippen LogP contribution in [0.3, 0.4) is 0 Å². The average Bonchev–Trinajstić information content (AvgIpc) is 3.95. The third-order valence-electron chi connectivity index (χ3n) is 15.0. The molecule has 0 aromatic heterocycles. The Labute approximate surface area is 312 Å². The largest absolute Gasteiger partial charge is 0.481 e. The summed E-state index contributed by atoms with van der Waals surface area (Å²) in [6.45, 7) is 9.71. The fourth-order valence-corrected chi connectivity index (χ4v) is 15.0. The van der Waals surface area contributed by atoms with Gasteiger partial charge in [-0.15, -0.1) is 0 Å². The van der Waals surface area contributed by atoms with Crippen molar-refractivity contribution in [3.05, 3.63) is 24.3 Å². The molecule has 0 spiro atoms. The first-order valence-electron chi connectivity index (χ1n) is 20.4. The number of allylic oxidation sites excluding steroid dienone is 4. The van der Waals surface area contributed by atoms with E-state index in [0.29, 0.717) is 96.9 Å². The van der Waals surface area contributed by atoms with E-state index in [-0.39, 0.29) is 23.3 Å². The number of carboxylic acids is 2. The maximum absolute atomic E-state index is 12.1. The molecule has 0 saturated heterocycles. The summed E-state index contributed by atoms with van der Waals surface area (Å²) in [5.74, 6) is 7.07. The molecule has 8 rings (SSSR count). The number of carboxylic acid groups (broad SMARTS) is 2. The molecule has 0 aliphatic heterocycles. The standard InChI is InChI=1S/C21H35NO4S.C11H19NO2S.C8H10O2/c1-4-5-27(25,26)22-10-15-6-13-7-17(15)20(11(13)2)19-12(3)16-8-14(19)9-18(16)21(23)24;1-2-5-15(13,14)12-8-11-7-9-3-4-10(11)6-9;9-8(10)7-4-5-1-2-6(7)3-5/h11-20,22H,4-10H2,1-3H3,(H,23,24);3-4,9-12H,2,5-8H2,1H3;1-2,5-7H,3-4H2,(H,9,10). The monoisotopic (exact) mass is 764 g/mol. The summed E-state index contributed by atoms with van der Waals surface area (Å²) in [5.41, 5.74) is 0. The van der Waals surface area contributed by atoms with Gasteiger partial charge in [-0.1, -0.05) is 52.0 Å². The topological polar surface area (TPSA) is 167 Å². The SMILES string of the molecule is CCCS(=O)(=O)NCC1CC2C=CC1C2.CCCS(=O)(=O)NCC1CC2CC1C(C1C3CC(C(=O)O)C(C3)C1C)C2C.O=C(O)C1CC2C=CC1C2. The van der Waals surface area contributed by atoms with Crippen molar-refractivity contribution in [2.24, 2.45) is 94.7 Å². The number of hydrogen-bond donors (Lipinski definition) is 4. The molecule has 8 aliphatic carbocycles. The van der Waals surface area contributed by atoms with Gasteiger partial charge in [-0.3, -0.25) is 9.59 Å². The second-order valence-electron chi connectivity index (χ2n) is 18.0. The first-order chi connectivity index (χ1) is 24.6. The second-order valence-corrected chi connectivity index (χ2v) is 21.8. The number of sulfonamides is 2. The summed E-state index contributed by atoms with van der Waals surface area (Å²) in [6, 6.07) is 0. The van der Waals surface area contributed by atoms with E-state index in [1.807, 2.05) is 13.8 Å². The molecule has 6 saturated carbocycles. The second kappa shape index (κ2) is 16.1. The van der Waals surface area contributed by atoms with Gasteiger partial charge in [0.25, 0.3) is 0 Å². The highest BCUT2D eigenvalue weighted by molar-refractivity contribution is 7.89. The first kappa shape index (κ1) is 39.9. The highest BCUT2D eigenvalue weighted by Crippen LogP contribution is 2.66. The third-order valence-corrected chi connectivity index (χ3v) is 18.1. The molecule has 0 radical (unpaired) electrons. The molecular weight excluding hydrogens is 701 g/mol. The quantitative estimate of drug-likeness (QED) is 0.165. The average molecular weight is 765 g/mol. The van der Waals surface area contributed by atoms with E-state index in [0.717, 1.165) is 50.4 Å². The van der Waals surface area contributed by atoms with Crippen molar-refractivity contribution in [2.75, 3.05) is 24.6 Å². The van der Waals surface area contributed by atoms with Crippen LogP contribution < -0.4 is 9.44 Å². The van der Waals surface area contributed by atoms with Crippen LogP contribution in [0.25, 0.3) is 0 Å². The first-order valence-corrected chi connectivity index (χ1v) is 23.7. The van der Waals surface area contributed by atoms with E-state index < -0.39 is 32.0 Å². The van der Waals surface area contributed by atoms with Crippen LogP contribution in [0.5, 0.6) is 0 Å². The van der Waals surface area contributed by atoms with Crippen LogP contribution in [0.1, 0.15) is 91.9 Å². The molecule has 0 aromatic rings. The van der Waals surface area contributed by atoms with Crippen molar-refractivity contribution < 1.29 is 36.6 Å². The lowest BCUT2D eigenvalue weighted by Gasteiger charge is -2.44. The van der Waals surface area contributed by atoms with E-state index in [9.17, 15) is 31.5 Å². The molecule has 52 heavy (non-hydrogen) atoms. The van der Waals surface area contributed by atoms with Crippen LogP contribution >= 0.6 is 0 Å². The number of hydrogen-bond acceptors (Lipinski definition) is 6. The molecule has 0 aromatic carbocycles. The normalized spacial score (nSPS) is 43.1. The van der Waals surface area contributed by atoms with Gasteiger partial charge in [0, 0.05) is 13.1 Å². The Morgan fingerprint density at radius 2 is 1.15 bits per heavy atom. The van der Waals surface area contributed by atoms with E-state index in [1.165, 1.54) is 12.8 Å². The molecule has 10 nitrogen and oxygen atoms in total. The van der Waals surface area contributed by atoms with Crippen LogP contribution in [0.4, 0.5) is 0 Å². The Morgan fingerprint density at radius 1 is 0.596 bits per heavy atom. The minimum Gasteiger partial charge on any atom is -0.481 e. The van der Waals surface area contributed by atoms with Gasteiger partial charge in [-0.05, 0) is 147 Å². The number of fused-ring (bicyclic) bond motifs is 8. The Balaban J connectivity index is 0.000000154. The fraction of sp³-hybridized carbons (Fsp3) is 0.850. The zero-order chi connectivity index (χ0) is 37.5. The summed E-state index contributed by atoms with van der Waals surface area (Å²) in [4.78, 5) is 22.1. The van der Waals surface area contributed by atoms with Crippen molar-refractivity contribution in [2.45, 2.75) is 91.9 Å². The molecule has 0 amide bonds. The van der Waals surface area contributed by atoms with E-state index >= 15 is 0 Å². The van der Waals surface area contributed by atoms with E-state index in [1.54, 1.807) is 0 Å². The van der Waals surface area contributed by atoms with Crippen molar-refractivity contribution in [1.29, 1.82) is 0 Å². The molecule has 4 N–H and O–H groups in total. The van der Waals surface area contributed by atoms with Crippen molar-refractivity contribution in [3.8, 4) is 0 Å². The molecule has 16 unspecified atom stereocenters. The molecule has 0 heterocycles. The highest BCUT2D eigenvalue weighted by atomic mass is 32.2. The summed E-state index contributed by atoms with van der Waals surface area (Å²) in [6.07, 6.45) is 18.8. The van der Waals surface area contributed by atoms with Gasteiger partial charge >= 0.3 is 11.9 Å². The molecule has 294 valence electrons. The molecule has 16 atom stereocenters. The number of nitrogens with one attached hydrogen (secondary N) is 2. The van der Waals surface area contributed by atoms with Crippen LogP contribution in [0.15, 0.2) is 24.3 Å². The van der Waals surface area contributed by atoms with Gasteiger partial charge in [-0.2, -0.15) is 0 Å². The lowest BCUT2D eigenvalue weighted by Crippen LogP contribution is -2.43. The number of carbonyl (C=O) groups is 2. The Hall–Kier alpha value is -1.76. The summed E-state index contributed by atoms with van der Waals surface area (Å²) in [7, 11) is -6.15. The zero-order valence-corrected chi connectivity index (χ0v) is 33.2. The molecule has 12 heteroatoms. The number of aliphatic carboxylic acids is 2. The fourth-order valence-electron chi connectivity index (χ4n) is 12.7. The van der Waals surface area contributed by atoms with E-state index in [4.69, 9.17) is 5.11 Å². The van der Waals surface area contributed by atoms with Gasteiger partial charge in [0.1, 0.15) is 0 Å². The number of rotatable bonds is 13. The van der Waals surface area contributed by atoms with Gasteiger partial charge in [0.05, 0.1) is 23.3 Å². The smallest absolute Gasteiger partial charge is 0.307 e. The van der Waals surface area contributed by atoms with Gasteiger partial charge in [-0.25, -0.2) is 26.3 Å². The van der Waals surface area contributed by atoms with Crippen LogP contribution in [-0.2, 0) is 29.6 Å². The van der Waals surface area contributed by atoms with Gasteiger partial charge < -0.3 is 10.2 Å². The minimum atomic E-state index is -3.14. The van der Waals surface area contributed by atoms with E-state index in [2.05, 4.69) is 47.6 Å². The summed E-state index contributed by atoms with van der Waals surface area (Å²) in [5, 5.41) is 18.2. The molecular formula is C40H64N2O8S2. The Bertz CT molecular complexity index is 1580. The van der Waals surface area contributed by atoms with Crippen molar-refractivity contribution >= 4 is 32.0 Å². The third kappa shape index (κ3) is 8.55. The highest BCUT2D eigenvalue weighted by Gasteiger charge is 2.61. The van der Waals surface area contributed by atoms with Crippen LogP contribution in [0.2, 0.25) is 0 Å². The predicted molar refractivity (Wildman–Crippen MR) is 202 cm³/mol.